The smallest absolute Gasteiger partial charge is 0.256 e. The topological polar surface area (TPSA) is 40.6 Å². The molecule has 1 aromatic rings. The summed E-state index contributed by atoms with van der Waals surface area (Å²) in [6, 6.07) is 5.07. The van der Waals surface area contributed by atoms with Gasteiger partial charge >= 0.3 is 0 Å². The first kappa shape index (κ1) is 14.7. The molecule has 2 amide bonds. The van der Waals surface area contributed by atoms with Crippen molar-refractivity contribution in [1.29, 1.82) is 0 Å². The molecule has 2 heterocycles. The molecule has 0 aliphatic carbocycles. The summed E-state index contributed by atoms with van der Waals surface area (Å²) in [5.41, 5.74) is 0.440. The van der Waals surface area contributed by atoms with Crippen LogP contribution in [-0.4, -0.2) is 47.8 Å². The van der Waals surface area contributed by atoms with Crippen molar-refractivity contribution < 1.29 is 9.59 Å². The largest absolute Gasteiger partial charge is 0.342 e. The van der Waals surface area contributed by atoms with Crippen LogP contribution in [0.15, 0.2) is 18.2 Å². The van der Waals surface area contributed by atoms with Gasteiger partial charge in [-0.2, -0.15) is 0 Å². The highest BCUT2D eigenvalue weighted by molar-refractivity contribution is 6.39. The van der Waals surface area contributed by atoms with Crippen LogP contribution >= 0.6 is 23.2 Å². The summed E-state index contributed by atoms with van der Waals surface area (Å²) in [6.45, 7) is 4.41. The number of likely N-dealkylation sites (tertiary alicyclic amines) is 2. The van der Waals surface area contributed by atoms with Crippen molar-refractivity contribution in [2.45, 2.75) is 13.3 Å². The van der Waals surface area contributed by atoms with Crippen molar-refractivity contribution in [3.8, 4) is 0 Å². The van der Waals surface area contributed by atoms with Crippen LogP contribution < -0.4 is 0 Å². The summed E-state index contributed by atoms with van der Waals surface area (Å²) in [6.07, 6.45) is 0.921. The van der Waals surface area contributed by atoms with E-state index in [0.717, 1.165) is 19.5 Å². The van der Waals surface area contributed by atoms with Gasteiger partial charge in [0.25, 0.3) is 5.91 Å². The van der Waals surface area contributed by atoms with Gasteiger partial charge in [-0.1, -0.05) is 29.3 Å². The van der Waals surface area contributed by atoms with E-state index in [1.165, 1.54) is 0 Å². The molecule has 0 radical (unpaired) electrons. The van der Waals surface area contributed by atoms with Gasteiger partial charge in [-0.15, -0.1) is 0 Å². The standard InChI is InChI=1S/C15H16Cl2N2O2/c1-10(20)19-8-15(9-19)5-6-18(7-15)14(21)13-11(16)3-2-4-12(13)17/h2-4H,5-9H2,1H3. The van der Waals surface area contributed by atoms with E-state index in [4.69, 9.17) is 23.2 Å². The van der Waals surface area contributed by atoms with E-state index in [0.29, 0.717) is 28.7 Å². The third-order valence-corrected chi connectivity index (χ3v) is 5.03. The molecular formula is C15H16Cl2N2O2. The number of amides is 2. The van der Waals surface area contributed by atoms with E-state index in [-0.39, 0.29) is 17.2 Å². The Labute approximate surface area is 133 Å². The summed E-state index contributed by atoms with van der Waals surface area (Å²) < 4.78 is 0. The van der Waals surface area contributed by atoms with Gasteiger partial charge in [0.15, 0.2) is 0 Å². The number of benzene rings is 1. The molecule has 0 unspecified atom stereocenters. The fourth-order valence-corrected chi connectivity index (χ4v) is 3.77. The van der Waals surface area contributed by atoms with Crippen LogP contribution in [0.3, 0.4) is 0 Å². The number of halogens is 2. The van der Waals surface area contributed by atoms with E-state index in [2.05, 4.69) is 0 Å². The zero-order valence-corrected chi connectivity index (χ0v) is 13.2. The average molecular weight is 327 g/mol. The first-order valence-electron chi connectivity index (χ1n) is 6.91. The Morgan fingerprint density at radius 2 is 1.67 bits per heavy atom. The molecular weight excluding hydrogens is 311 g/mol. The Balaban J connectivity index is 1.73. The zero-order chi connectivity index (χ0) is 15.2. The second-order valence-electron chi connectivity index (χ2n) is 5.95. The maximum Gasteiger partial charge on any atom is 0.256 e. The molecule has 2 aliphatic rings. The van der Waals surface area contributed by atoms with Crippen LogP contribution in [-0.2, 0) is 4.79 Å². The number of hydrogen-bond acceptors (Lipinski definition) is 2. The van der Waals surface area contributed by atoms with Crippen molar-refractivity contribution >= 4 is 35.0 Å². The number of nitrogens with zero attached hydrogens (tertiary/aromatic N) is 2. The second kappa shape index (κ2) is 5.18. The summed E-state index contributed by atoms with van der Waals surface area (Å²) >= 11 is 12.2. The number of hydrogen-bond donors (Lipinski definition) is 0. The van der Waals surface area contributed by atoms with Crippen LogP contribution in [0.4, 0.5) is 0 Å². The molecule has 0 atom stereocenters. The first-order valence-corrected chi connectivity index (χ1v) is 7.66. The molecule has 2 fully saturated rings. The van der Waals surface area contributed by atoms with Gasteiger partial charge in [-0.05, 0) is 18.6 Å². The fourth-order valence-electron chi connectivity index (χ4n) is 3.21. The lowest BCUT2D eigenvalue weighted by Gasteiger charge is -2.47. The fraction of sp³-hybridized carbons (Fsp3) is 0.467. The van der Waals surface area contributed by atoms with Gasteiger partial charge in [0.2, 0.25) is 5.91 Å². The monoisotopic (exact) mass is 326 g/mol. The van der Waals surface area contributed by atoms with E-state index in [1.54, 1.807) is 30.0 Å². The third-order valence-electron chi connectivity index (χ3n) is 4.40. The molecule has 21 heavy (non-hydrogen) atoms. The minimum Gasteiger partial charge on any atom is -0.342 e. The predicted octanol–water partition coefficient (Wildman–Crippen LogP) is 2.69. The summed E-state index contributed by atoms with van der Waals surface area (Å²) in [5.74, 6) is -0.0247. The highest BCUT2D eigenvalue weighted by Crippen LogP contribution is 2.40. The maximum absolute atomic E-state index is 12.6. The van der Waals surface area contributed by atoms with Crippen LogP contribution in [0.5, 0.6) is 0 Å². The first-order chi connectivity index (χ1) is 9.92. The van der Waals surface area contributed by atoms with Crippen LogP contribution in [0.2, 0.25) is 10.0 Å². The van der Waals surface area contributed by atoms with Gasteiger partial charge in [0.1, 0.15) is 0 Å². The van der Waals surface area contributed by atoms with E-state index < -0.39 is 0 Å². The normalized spacial score (nSPS) is 19.8. The summed E-state index contributed by atoms with van der Waals surface area (Å²) in [7, 11) is 0. The van der Waals surface area contributed by atoms with Crippen molar-refractivity contribution in [2.24, 2.45) is 5.41 Å². The van der Waals surface area contributed by atoms with Gasteiger partial charge in [0.05, 0.1) is 15.6 Å². The molecule has 0 N–H and O–H groups in total. The molecule has 0 bridgehead atoms. The molecule has 4 nitrogen and oxygen atoms in total. The van der Waals surface area contributed by atoms with Crippen LogP contribution in [0.1, 0.15) is 23.7 Å². The van der Waals surface area contributed by atoms with Gasteiger partial charge < -0.3 is 9.80 Å². The Kier molecular flexibility index (Phi) is 3.62. The molecule has 2 aliphatic heterocycles. The van der Waals surface area contributed by atoms with Gasteiger partial charge in [-0.3, -0.25) is 9.59 Å². The van der Waals surface area contributed by atoms with Crippen LogP contribution in [0.25, 0.3) is 0 Å². The molecule has 3 rings (SSSR count). The average Bonchev–Trinajstić information content (AvgIpc) is 2.81. The Bertz CT molecular complexity index is 591. The number of rotatable bonds is 1. The third kappa shape index (κ3) is 2.51. The highest BCUT2D eigenvalue weighted by atomic mass is 35.5. The molecule has 0 aromatic heterocycles. The van der Waals surface area contributed by atoms with E-state index >= 15 is 0 Å². The van der Waals surface area contributed by atoms with E-state index in [1.807, 2.05) is 4.90 Å². The minimum atomic E-state index is -0.122. The Morgan fingerprint density at radius 1 is 1.10 bits per heavy atom. The lowest BCUT2D eigenvalue weighted by Crippen LogP contribution is -2.59. The lowest BCUT2D eigenvalue weighted by atomic mass is 9.79. The molecule has 2 saturated heterocycles. The molecule has 1 aromatic carbocycles. The van der Waals surface area contributed by atoms with Crippen LogP contribution in [0, 0.1) is 5.41 Å². The SMILES string of the molecule is CC(=O)N1CC2(CCN(C(=O)c3c(Cl)cccc3Cl)C2)C1. The zero-order valence-electron chi connectivity index (χ0n) is 11.7. The number of carbonyl (C=O) groups excluding carboxylic acids is 2. The van der Waals surface area contributed by atoms with Crippen molar-refractivity contribution in [1.82, 2.24) is 9.80 Å². The summed E-state index contributed by atoms with van der Waals surface area (Å²) in [4.78, 5) is 27.5. The summed E-state index contributed by atoms with van der Waals surface area (Å²) in [5, 5.41) is 0.764. The second-order valence-corrected chi connectivity index (χ2v) is 6.76. The van der Waals surface area contributed by atoms with Gasteiger partial charge in [0, 0.05) is 38.5 Å². The maximum atomic E-state index is 12.6. The molecule has 0 saturated carbocycles. The van der Waals surface area contributed by atoms with Crippen molar-refractivity contribution in [2.75, 3.05) is 26.2 Å². The lowest BCUT2D eigenvalue weighted by molar-refractivity contribution is -0.140. The number of carbonyl (C=O) groups is 2. The Hall–Kier alpha value is -1.26. The Morgan fingerprint density at radius 3 is 2.24 bits per heavy atom. The molecule has 6 heteroatoms. The molecule has 1 spiro atoms. The van der Waals surface area contributed by atoms with Crippen molar-refractivity contribution in [3.05, 3.63) is 33.8 Å². The van der Waals surface area contributed by atoms with E-state index in [9.17, 15) is 9.59 Å². The molecule has 112 valence electrons. The highest BCUT2D eigenvalue weighted by Gasteiger charge is 2.49. The van der Waals surface area contributed by atoms with Crippen molar-refractivity contribution in [3.63, 3.8) is 0 Å². The predicted molar refractivity (Wildman–Crippen MR) is 81.7 cm³/mol. The minimum absolute atomic E-state index is 0.0645. The van der Waals surface area contributed by atoms with Gasteiger partial charge in [-0.25, -0.2) is 0 Å². The quantitative estimate of drug-likeness (QED) is 0.796.